The summed E-state index contributed by atoms with van der Waals surface area (Å²) in [4.78, 5) is 11.5. The maximum Gasteiger partial charge on any atom is 0.339 e. The van der Waals surface area contributed by atoms with Gasteiger partial charge in [-0.3, -0.25) is 5.10 Å². The highest BCUT2D eigenvalue weighted by atomic mass is 16.5. The van der Waals surface area contributed by atoms with Crippen molar-refractivity contribution < 1.29 is 14.6 Å². The molecule has 0 bridgehead atoms. The summed E-state index contributed by atoms with van der Waals surface area (Å²) in [6, 6.07) is 7.92. The van der Waals surface area contributed by atoms with E-state index in [1.165, 1.54) is 0 Å². The van der Waals surface area contributed by atoms with Gasteiger partial charge in [-0.25, -0.2) is 4.79 Å². The van der Waals surface area contributed by atoms with Crippen molar-refractivity contribution >= 4 is 5.97 Å². The lowest BCUT2D eigenvalue weighted by atomic mass is 9.97. The fourth-order valence-corrected chi connectivity index (χ4v) is 2.65. The molecule has 0 saturated carbocycles. The smallest absolute Gasteiger partial charge is 0.339 e. The second-order valence-corrected chi connectivity index (χ2v) is 5.78. The second-order valence-electron chi connectivity index (χ2n) is 5.78. The van der Waals surface area contributed by atoms with Crippen LogP contribution in [0.2, 0.25) is 0 Å². The molecule has 2 unspecified atom stereocenters. The van der Waals surface area contributed by atoms with E-state index in [2.05, 4.69) is 30.1 Å². The van der Waals surface area contributed by atoms with Gasteiger partial charge < -0.3 is 9.84 Å². The minimum absolute atomic E-state index is 0.206. The number of carboxylic acids is 1. The van der Waals surface area contributed by atoms with Crippen LogP contribution in [0.4, 0.5) is 0 Å². The van der Waals surface area contributed by atoms with Crippen LogP contribution in [0.3, 0.4) is 0 Å². The first-order valence-electron chi connectivity index (χ1n) is 8.03. The Labute approximate surface area is 136 Å². The Hall–Kier alpha value is -2.30. The molecule has 2 rings (SSSR count). The molecular weight excluding hydrogens is 292 g/mol. The van der Waals surface area contributed by atoms with E-state index in [1.54, 1.807) is 6.92 Å². The molecule has 0 radical (unpaired) electrons. The van der Waals surface area contributed by atoms with E-state index in [9.17, 15) is 9.90 Å². The number of benzene rings is 1. The van der Waals surface area contributed by atoms with E-state index in [1.807, 2.05) is 25.1 Å². The molecule has 1 heterocycles. The van der Waals surface area contributed by atoms with Crippen molar-refractivity contribution in [1.29, 1.82) is 0 Å². The Morgan fingerprint density at radius 2 is 2.00 bits per heavy atom. The zero-order chi connectivity index (χ0) is 17.0. The van der Waals surface area contributed by atoms with Crippen LogP contribution >= 0.6 is 0 Å². The van der Waals surface area contributed by atoms with Crippen LogP contribution in [0.1, 0.15) is 72.9 Å². The minimum atomic E-state index is -0.983. The van der Waals surface area contributed by atoms with Crippen molar-refractivity contribution in [2.75, 3.05) is 0 Å². The number of carbonyl (C=O) groups is 1. The van der Waals surface area contributed by atoms with E-state index in [0.717, 1.165) is 17.7 Å². The topological polar surface area (TPSA) is 75.2 Å². The molecule has 0 fully saturated rings. The molecule has 0 amide bonds. The summed E-state index contributed by atoms with van der Waals surface area (Å²) >= 11 is 0. The molecular formula is C18H24N2O3. The number of aromatic nitrogens is 2. The molecule has 2 atom stereocenters. The van der Waals surface area contributed by atoms with Crippen LogP contribution in [-0.4, -0.2) is 21.3 Å². The molecule has 5 heteroatoms. The third-order valence-electron chi connectivity index (χ3n) is 4.20. The summed E-state index contributed by atoms with van der Waals surface area (Å²) in [7, 11) is 0. The molecule has 1 aromatic heterocycles. The number of ether oxygens (including phenoxy) is 1. The van der Waals surface area contributed by atoms with Crippen LogP contribution < -0.4 is 4.74 Å². The molecule has 0 spiro atoms. The first-order chi connectivity index (χ1) is 11.0. The van der Waals surface area contributed by atoms with Gasteiger partial charge in [0.2, 0.25) is 0 Å². The molecule has 23 heavy (non-hydrogen) atoms. The average molecular weight is 316 g/mol. The number of hydrogen-bond acceptors (Lipinski definition) is 3. The normalized spacial score (nSPS) is 13.6. The van der Waals surface area contributed by atoms with Crippen LogP contribution in [0, 0.1) is 6.92 Å². The summed E-state index contributed by atoms with van der Waals surface area (Å²) < 4.78 is 6.16. The number of aromatic carboxylic acids is 1. The lowest BCUT2D eigenvalue weighted by Gasteiger charge is -2.21. The third-order valence-corrected chi connectivity index (χ3v) is 4.20. The lowest BCUT2D eigenvalue weighted by Crippen LogP contribution is -2.13. The monoisotopic (exact) mass is 316 g/mol. The van der Waals surface area contributed by atoms with Gasteiger partial charge in [0.05, 0.1) is 0 Å². The lowest BCUT2D eigenvalue weighted by molar-refractivity contribution is 0.0689. The maximum atomic E-state index is 11.5. The van der Waals surface area contributed by atoms with Gasteiger partial charge in [0, 0.05) is 5.69 Å². The number of rotatable bonds is 7. The summed E-state index contributed by atoms with van der Waals surface area (Å²) in [5.41, 5.74) is 2.34. The summed E-state index contributed by atoms with van der Waals surface area (Å²) in [6.45, 7) is 7.97. The quantitative estimate of drug-likeness (QED) is 0.790. The van der Waals surface area contributed by atoms with Gasteiger partial charge in [-0.2, -0.15) is 5.10 Å². The van der Waals surface area contributed by atoms with Gasteiger partial charge in [-0.05, 0) is 37.3 Å². The summed E-state index contributed by atoms with van der Waals surface area (Å²) in [5.74, 6) is 0.192. The second kappa shape index (κ2) is 7.31. The number of nitrogens with one attached hydrogen (secondary N) is 1. The maximum absolute atomic E-state index is 11.5. The fraction of sp³-hybridized carbons (Fsp3) is 0.444. The Morgan fingerprint density at radius 1 is 1.30 bits per heavy atom. The van der Waals surface area contributed by atoms with Gasteiger partial charge in [0.25, 0.3) is 0 Å². The number of para-hydroxylation sites is 1. The Balaban J connectivity index is 2.37. The van der Waals surface area contributed by atoms with E-state index < -0.39 is 12.1 Å². The first-order valence-corrected chi connectivity index (χ1v) is 8.03. The first kappa shape index (κ1) is 17.1. The predicted molar refractivity (Wildman–Crippen MR) is 89.1 cm³/mol. The zero-order valence-electron chi connectivity index (χ0n) is 14.1. The third kappa shape index (κ3) is 3.55. The van der Waals surface area contributed by atoms with Crippen molar-refractivity contribution in [2.45, 2.75) is 52.6 Å². The molecule has 1 aromatic carbocycles. The molecule has 2 aromatic rings. The van der Waals surface area contributed by atoms with E-state index in [4.69, 9.17) is 4.74 Å². The number of H-pyrrole nitrogens is 1. The summed E-state index contributed by atoms with van der Waals surface area (Å²) in [5, 5.41) is 16.3. The number of hydrogen-bond donors (Lipinski definition) is 2. The number of nitrogens with zero attached hydrogens (tertiary/aromatic N) is 1. The van der Waals surface area contributed by atoms with Gasteiger partial charge >= 0.3 is 5.97 Å². The standard InChI is InChI=1S/C18H24N2O3/c1-5-11(3)13-9-7-8-10-15(13)23-14(6-2)17-16(18(21)22)12(4)19-20-17/h7-11,14H,5-6H2,1-4H3,(H,19,20)(H,21,22). The van der Waals surface area contributed by atoms with Crippen LogP contribution in [-0.2, 0) is 0 Å². The molecule has 0 saturated heterocycles. The highest BCUT2D eigenvalue weighted by molar-refractivity contribution is 5.90. The van der Waals surface area contributed by atoms with Gasteiger partial charge in [-0.15, -0.1) is 0 Å². The number of carboxylic acid groups (broad SMARTS) is 1. The molecule has 5 nitrogen and oxygen atoms in total. The van der Waals surface area contributed by atoms with Gasteiger partial charge in [0.15, 0.2) is 0 Å². The van der Waals surface area contributed by atoms with Crippen LogP contribution in [0.5, 0.6) is 5.75 Å². The number of aromatic amines is 1. The highest BCUT2D eigenvalue weighted by Gasteiger charge is 2.25. The van der Waals surface area contributed by atoms with E-state index >= 15 is 0 Å². The number of aryl methyl sites for hydroxylation is 1. The molecule has 2 N–H and O–H groups in total. The Kier molecular flexibility index (Phi) is 5.42. The van der Waals surface area contributed by atoms with Crippen molar-refractivity contribution in [2.24, 2.45) is 0 Å². The zero-order valence-corrected chi connectivity index (χ0v) is 14.1. The van der Waals surface area contributed by atoms with Gasteiger partial charge in [0.1, 0.15) is 23.1 Å². The predicted octanol–water partition coefficient (Wildman–Crippen LogP) is 4.46. The van der Waals surface area contributed by atoms with E-state index in [0.29, 0.717) is 23.7 Å². The highest BCUT2D eigenvalue weighted by Crippen LogP contribution is 2.33. The van der Waals surface area contributed by atoms with Crippen LogP contribution in [0.15, 0.2) is 24.3 Å². The average Bonchev–Trinajstić information content (AvgIpc) is 2.93. The Bertz CT molecular complexity index is 679. The summed E-state index contributed by atoms with van der Waals surface area (Å²) in [6.07, 6.45) is 1.26. The Morgan fingerprint density at radius 3 is 2.61 bits per heavy atom. The molecule has 0 aliphatic heterocycles. The molecule has 124 valence electrons. The van der Waals surface area contributed by atoms with Gasteiger partial charge in [-0.1, -0.05) is 39.0 Å². The van der Waals surface area contributed by atoms with Crippen molar-refractivity contribution in [1.82, 2.24) is 10.2 Å². The van der Waals surface area contributed by atoms with Crippen LogP contribution in [0.25, 0.3) is 0 Å². The molecule has 0 aliphatic rings. The van der Waals surface area contributed by atoms with Crippen molar-refractivity contribution in [3.8, 4) is 5.75 Å². The molecule has 0 aliphatic carbocycles. The largest absolute Gasteiger partial charge is 0.484 e. The SMILES string of the molecule is CCC(C)c1ccccc1OC(CC)c1n[nH]c(C)c1C(=O)O. The van der Waals surface area contributed by atoms with Crippen molar-refractivity contribution in [3.05, 3.63) is 46.8 Å². The van der Waals surface area contributed by atoms with Crippen molar-refractivity contribution in [3.63, 3.8) is 0 Å². The van der Waals surface area contributed by atoms with E-state index in [-0.39, 0.29) is 5.56 Å². The minimum Gasteiger partial charge on any atom is -0.484 e. The fourth-order valence-electron chi connectivity index (χ4n) is 2.65.